The molecular weight excluding hydrogens is 520 g/mol. The van der Waals surface area contributed by atoms with Gasteiger partial charge in [0.2, 0.25) is 5.91 Å². The predicted octanol–water partition coefficient (Wildman–Crippen LogP) is 2.73. The number of nitrogens with two attached hydrogens (primary N) is 1. The molecule has 1 aliphatic rings. The van der Waals surface area contributed by atoms with Crippen LogP contribution in [0.25, 0.3) is 0 Å². The molecule has 0 aliphatic carbocycles. The summed E-state index contributed by atoms with van der Waals surface area (Å²) in [5.74, 6) is -0.624. The van der Waals surface area contributed by atoms with E-state index in [1.807, 2.05) is 0 Å². The summed E-state index contributed by atoms with van der Waals surface area (Å²) in [4.78, 5) is 15.5. The van der Waals surface area contributed by atoms with E-state index in [2.05, 4.69) is 26.6 Å². The van der Waals surface area contributed by atoms with Gasteiger partial charge in [0.05, 0.1) is 17.0 Å². The Morgan fingerprint density at radius 3 is 2.50 bits per heavy atom. The van der Waals surface area contributed by atoms with Crippen molar-refractivity contribution in [3.05, 3.63) is 70.3 Å². The molecule has 1 fully saturated rings. The van der Waals surface area contributed by atoms with Crippen molar-refractivity contribution in [2.24, 2.45) is 5.14 Å². The molecule has 4 rings (SSSR count). The third-order valence-corrected chi connectivity index (χ3v) is 7.47. The number of rotatable bonds is 7. The second kappa shape index (κ2) is 9.82. The first-order valence-electron chi connectivity index (χ1n) is 10.8. The molecule has 1 aromatic heterocycles. The molecule has 36 heavy (non-hydrogen) atoms. The minimum Gasteiger partial charge on any atom is -0.341 e. The molecule has 3 aromatic rings. The van der Waals surface area contributed by atoms with Crippen LogP contribution < -0.4 is 5.14 Å². The maximum Gasteiger partial charge on any atom is 0.416 e. The van der Waals surface area contributed by atoms with Gasteiger partial charge in [0.15, 0.2) is 5.82 Å². The lowest BCUT2D eigenvalue weighted by Gasteiger charge is -2.40. The van der Waals surface area contributed by atoms with E-state index in [0.717, 1.165) is 18.2 Å². The number of likely N-dealkylation sites (tertiary alicyclic amines) is 1. The summed E-state index contributed by atoms with van der Waals surface area (Å²) < 4.78 is 65.9. The van der Waals surface area contributed by atoms with Crippen LogP contribution in [-0.2, 0) is 43.8 Å². The summed E-state index contributed by atoms with van der Waals surface area (Å²) in [6.07, 6.45) is -4.23. The van der Waals surface area contributed by atoms with E-state index in [1.165, 1.54) is 23.0 Å². The van der Waals surface area contributed by atoms with Crippen molar-refractivity contribution in [3.8, 4) is 0 Å². The highest BCUT2D eigenvalue weighted by atomic mass is 32.8. The highest BCUT2D eigenvalue weighted by Gasteiger charge is 2.34. The van der Waals surface area contributed by atoms with Gasteiger partial charge in [-0.05, 0) is 59.5 Å². The van der Waals surface area contributed by atoms with E-state index >= 15 is 0 Å². The zero-order valence-corrected chi connectivity index (χ0v) is 20.7. The monoisotopic (exact) mass is 542 g/mol. The van der Waals surface area contributed by atoms with Crippen molar-refractivity contribution in [1.82, 2.24) is 25.1 Å². The predicted molar refractivity (Wildman–Crippen MR) is 125 cm³/mol. The van der Waals surface area contributed by atoms with Gasteiger partial charge in [-0.1, -0.05) is 12.1 Å². The summed E-state index contributed by atoms with van der Waals surface area (Å²) in [7, 11) is -3.19. The quantitative estimate of drug-likeness (QED) is 0.460. The molecule has 0 spiro atoms. The van der Waals surface area contributed by atoms with Crippen LogP contribution in [0.15, 0.2) is 41.3 Å². The van der Waals surface area contributed by atoms with E-state index in [1.54, 1.807) is 11.8 Å². The number of tetrazole rings is 1. The van der Waals surface area contributed by atoms with Gasteiger partial charge in [-0.2, -0.15) is 18.0 Å². The number of carbonyl (C=O) groups excluding carboxylic acids is 1. The number of benzene rings is 2. The van der Waals surface area contributed by atoms with E-state index in [9.17, 15) is 26.6 Å². The summed E-state index contributed by atoms with van der Waals surface area (Å²) in [5, 5.41) is 17.0. The molecular formula is C22H22F4N6O2S2. The van der Waals surface area contributed by atoms with Crippen molar-refractivity contribution >= 4 is 25.8 Å². The van der Waals surface area contributed by atoms with Crippen LogP contribution in [0.4, 0.5) is 17.6 Å². The Hall–Kier alpha value is -2.97. The lowest BCUT2D eigenvalue weighted by Crippen LogP contribution is -2.48. The van der Waals surface area contributed by atoms with Crippen LogP contribution in [0.2, 0.25) is 0 Å². The van der Waals surface area contributed by atoms with E-state index < -0.39 is 26.2 Å². The zero-order chi connectivity index (χ0) is 26.3. The maximum atomic E-state index is 14.5. The van der Waals surface area contributed by atoms with Gasteiger partial charge >= 0.3 is 6.18 Å². The fraction of sp³-hybridized carbons (Fsp3) is 0.364. The van der Waals surface area contributed by atoms with E-state index in [4.69, 9.17) is 5.14 Å². The normalized spacial score (nSPS) is 16.0. The van der Waals surface area contributed by atoms with E-state index in [0.29, 0.717) is 35.6 Å². The van der Waals surface area contributed by atoms with Gasteiger partial charge in [-0.15, -0.1) is 10.2 Å². The van der Waals surface area contributed by atoms with Crippen LogP contribution in [-0.4, -0.2) is 48.3 Å². The van der Waals surface area contributed by atoms with Crippen molar-refractivity contribution in [1.29, 1.82) is 0 Å². The van der Waals surface area contributed by atoms with Gasteiger partial charge in [-0.3, -0.25) is 4.79 Å². The zero-order valence-electron chi connectivity index (χ0n) is 19.0. The summed E-state index contributed by atoms with van der Waals surface area (Å²) in [5.41, 5.74) is 0.489. The summed E-state index contributed by atoms with van der Waals surface area (Å²) in [6, 6.07) is 7.34. The molecule has 1 unspecified atom stereocenters. The smallest absolute Gasteiger partial charge is 0.341 e. The molecule has 1 amide bonds. The average molecular weight is 543 g/mol. The lowest BCUT2D eigenvalue weighted by molar-refractivity contribution is -0.138. The minimum atomic E-state index is -4.51. The summed E-state index contributed by atoms with van der Waals surface area (Å²) >= 11 is 4.68. The highest BCUT2D eigenvalue weighted by Crippen LogP contribution is 2.32. The molecule has 1 saturated heterocycles. The molecule has 1 aliphatic heterocycles. The molecule has 0 saturated carbocycles. The highest BCUT2D eigenvalue weighted by molar-refractivity contribution is 8.31. The Balaban J connectivity index is 1.41. The topological polar surface area (TPSA) is 107 Å². The number of hydrogen-bond donors (Lipinski definition) is 1. The van der Waals surface area contributed by atoms with Gasteiger partial charge in [-0.25, -0.2) is 13.7 Å². The third-order valence-electron chi connectivity index (χ3n) is 5.98. The van der Waals surface area contributed by atoms with Crippen LogP contribution in [0.3, 0.4) is 0 Å². The average Bonchev–Trinajstić information content (AvgIpc) is 3.16. The van der Waals surface area contributed by atoms with Crippen LogP contribution in [0.1, 0.15) is 40.4 Å². The number of nitrogens with zero attached hydrogens (tertiary/aromatic N) is 5. The van der Waals surface area contributed by atoms with Crippen molar-refractivity contribution in [3.63, 3.8) is 0 Å². The second-order valence-electron chi connectivity index (χ2n) is 8.57. The standard InChI is InChI=1S/C22H22F4N6O2S2/c1-13-28-30-32(29-13)12-15-8-17(22(24,25)26)4-2-14(15)3-7-21(33)31-10-16(11-31)19-6-5-18(9-20(19)23)36(27,34)35/h2,4-6,8-9,16H,3,7,10-12H2,1H3,(H2,27,34,35). The molecule has 2 aromatic carbocycles. The Bertz CT molecular complexity index is 1400. The number of hydrogen-bond acceptors (Lipinski definition) is 6. The maximum absolute atomic E-state index is 14.5. The molecule has 0 bridgehead atoms. The largest absolute Gasteiger partial charge is 0.416 e. The Labute approximate surface area is 209 Å². The fourth-order valence-corrected chi connectivity index (χ4v) is 4.87. The number of aromatic nitrogens is 4. The first-order chi connectivity index (χ1) is 16.8. The Kier molecular flexibility index (Phi) is 7.12. The van der Waals surface area contributed by atoms with Crippen molar-refractivity contribution < 1.29 is 26.6 Å². The minimum absolute atomic E-state index is 0.0190. The number of carbonyl (C=O) groups is 1. The summed E-state index contributed by atoms with van der Waals surface area (Å²) in [6.45, 7) is 2.19. The molecule has 2 heterocycles. The SMILES string of the molecule is Cc1nnn(Cc2cc(C(F)(F)F)ccc2CCC(=O)N2CC(c3ccc(S(N)(=O)=S)cc3F)C2)n1. The van der Waals surface area contributed by atoms with Crippen molar-refractivity contribution in [2.45, 2.75) is 43.3 Å². The first-order valence-corrected chi connectivity index (χ1v) is 13.4. The van der Waals surface area contributed by atoms with Crippen LogP contribution in [0, 0.1) is 12.7 Å². The number of halogens is 4. The molecule has 192 valence electrons. The Morgan fingerprint density at radius 2 is 1.92 bits per heavy atom. The fourth-order valence-electron chi connectivity index (χ4n) is 4.03. The van der Waals surface area contributed by atoms with Gasteiger partial charge in [0.1, 0.15) is 14.5 Å². The first kappa shape index (κ1) is 26.1. The number of alkyl halides is 3. The van der Waals surface area contributed by atoms with Crippen LogP contribution >= 0.6 is 0 Å². The Morgan fingerprint density at radius 1 is 1.19 bits per heavy atom. The molecule has 14 heteroatoms. The van der Waals surface area contributed by atoms with Crippen molar-refractivity contribution in [2.75, 3.05) is 13.1 Å². The van der Waals surface area contributed by atoms with Gasteiger partial charge < -0.3 is 4.90 Å². The molecule has 0 radical (unpaired) electrons. The molecule has 2 N–H and O–H groups in total. The number of amides is 1. The second-order valence-corrected chi connectivity index (χ2v) is 11.6. The number of aryl methyl sites for hydroxylation is 2. The van der Waals surface area contributed by atoms with Gasteiger partial charge in [0.25, 0.3) is 0 Å². The third kappa shape index (κ3) is 5.87. The van der Waals surface area contributed by atoms with E-state index in [-0.39, 0.29) is 36.1 Å². The molecule has 1 atom stereocenters. The van der Waals surface area contributed by atoms with Gasteiger partial charge in [0, 0.05) is 36.6 Å². The van der Waals surface area contributed by atoms with Crippen LogP contribution in [0.5, 0.6) is 0 Å². The molecule has 8 nitrogen and oxygen atoms in total. The lowest BCUT2D eigenvalue weighted by atomic mass is 9.90.